The third kappa shape index (κ3) is 3.45. The number of thiophene rings is 1. The van der Waals surface area contributed by atoms with E-state index in [0.717, 1.165) is 32.7 Å². The van der Waals surface area contributed by atoms with Crippen LogP contribution in [0.15, 0.2) is 29.1 Å². The van der Waals surface area contributed by atoms with E-state index in [1.165, 1.54) is 30.5 Å². The fraction of sp³-hybridized carbons (Fsp3) is 0.600. The molecule has 2 aromatic heterocycles. The van der Waals surface area contributed by atoms with Crippen molar-refractivity contribution in [2.24, 2.45) is 5.41 Å². The van der Waals surface area contributed by atoms with Gasteiger partial charge < -0.3 is 4.90 Å². The minimum absolute atomic E-state index is 0.215. The van der Waals surface area contributed by atoms with Crippen molar-refractivity contribution in [1.82, 2.24) is 19.6 Å². The van der Waals surface area contributed by atoms with Crippen molar-refractivity contribution >= 4 is 17.2 Å². The van der Waals surface area contributed by atoms with Crippen LogP contribution >= 0.6 is 11.3 Å². The van der Waals surface area contributed by atoms with Crippen LogP contribution in [0.2, 0.25) is 0 Å². The standard InChI is InChI=1S/C20H28N4OS/c1-3-24-18(4-8-21-24)14-22-9-6-20(7-10-22)12-19(20)23(16(2)25)13-17-5-11-26-15-17/h4-5,8,11,15,19H,3,6-7,9-10,12-14H2,1-2H3. The molecule has 2 aliphatic rings. The molecule has 1 unspecified atom stereocenters. The third-order valence-electron chi connectivity index (χ3n) is 6.20. The molecule has 1 saturated carbocycles. The number of hydrogen-bond donors (Lipinski definition) is 0. The zero-order valence-electron chi connectivity index (χ0n) is 15.7. The Morgan fingerprint density at radius 2 is 2.19 bits per heavy atom. The van der Waals surface area contributed by atoms with Crippen molar-refractivity contribution < 1.29 is 4.79 Å². The van der Waals surface area contributed by atoms with Gasteiger partial charge in [-0.2, -0.15) is 16.4 Å². The van der Waals surface area contributed by atoms with Gasteiger partial charge in [0.25, 0.3) is 0 Å². The van der Waals surface area contributed by atoms with E-state index in [-0.39, 0.29) is 5.91 Å². The van der Waals surface area contributed by atoms with Crippen LogP contribution in [0.3, 0.4) is 0 Å². The molecule has 6 heteroatoms. The summed E-state index contributed by atoms with van der Waals surface area (Å²) in [4.78, 5) is 16.9. The molecule has 1 atom stereocenters. The van der Waals surface area contributed by atoms with Gasteiger partial charge in [0, 0.05) is 38.8 Å². The molecule has 1 aliphatic carbocycles. The Balaban J connectivity index is 1.35. The van der Waals surface area contributed by atoms with Crippen molar-refractivity contribution in [2.45, 2.75) is 58.8 Å². The Morgan fingerprint density at radius 3 is 2.85 bits per heavy atom. The van der Waals surface area contributed by atoms with Crippen LogP contribution in [-0.4, -0.2) is 44.6 Å². The lowest BCUT2D eigenvalue weighted by atomic mass is 9.92. The van der Waals surface area contributed by atoms with Crippen LogP contribution in [0.1, 0.15) is 44.4 Å². The second-order valence-corrected chi connectivity index (χ2v) is 8.56. The van der Waals surface area contributed by atoms with E-state index in [1.54, 1.807) is 18.3 Å². The second-order valence-electron chi connectivity index (χ2n) is 7.78. The fourth-order valence-corrected chi connectivity index (χ4v) is 5.15. The molecular formula is C20H28N4OS. The molecule has 1 amide bonds. The van der Waals surface area contributed by atoms with E-state index in [9.17, 15) is 4.79 Å². The third-order valence-corrected chi connectivity index (χ3v) is 6.93. The van der Waals surface area contributed by atoms with E-state index >= 15 is 0 Å². The highest BCUT2D eigenvalue weighted by Gasteiger charge is 2.58. The molecule has 0 bridgehead atoms. The molecule has 1 saturated heterocycles. The summed E-state index contributed by atoms with van der Waals surface area (Å²) in [5.74, 6) is 0.215. The number of nitrogens with zero attached hydrogens (tertiary/aromatic N) is 4. The van der Waals surface area contributed by atoms with Gasteiger partial charge in [-0.25, -0.2) is 0 Å². The van der Waals surface area contributed by atoms with Crippen molar-refractivity contribution in [3.05, 3.63) is 40.3 Å². The molecule has 26 heavy (non-hydrogen) atoms. The molecule has 140 valence electrons. The number of amides is 1. The van der Waals surface area contributed by atoms with E-state index in [1.807, 2.05) is 6.20 Å². The highest BCUT2D eigenvalue weighted by atomic mass is 32.1. The van der Waals surface area contributed by atoms with Gasteiger partial charge in [-0.3, -0.25) is 14.4 Å². The molecule has 4 rings (SSSR count). The Morgan fingerprint density at radius 1 is 1.38 bits per heavy atom. The highest BCUT2D eigenvalue weighted by Crippen LogP contribution is 2.57. The number of rotatable bonds is 6. The number of likely N-dealkylation sites (tertiary alicyclic amines) is 1. The normalized spacial score (nSPS) is 21.8. The van der Waals surface area contributed by atoms with Crippen molar-refractivity contribution in [2.75, 3.05) is 13.1 Å². The van der Waals surface area contributed by atoms with E-state index < -0.39 is 0 Å². The number of hydrogen-bond acceptors (Lipinski definition) is 4. The number of carbonyl (C=O) groups excluding carboxylic acids is 1. The number of carbonyl (C=O) groups is 1. The first-order chi connectivity index (χ1) is 12.6. The lowest BCUT2D eigenvalue weighted by molar-refractivity contribution is -0.130. The zero-order valence-corrected chi connectivity index (χ0v) is 16.5. The summed E-state index contributed by atoms with van der Waals surface area (Å²) in [6.07, 6.45) is 5.48. The van der Waals surface area contributed by atoms with Gasteiger partial charge in [0.05, 0.1) is 5.69 Å². The molecule has 2 aromatic rings. The molecule has 0 radical (unpaired) electrons. The average Bonchev–Trinajstić information content (AvgIpc) is 3.01. The molecule has 5 nitrogen and oxygen atoms in total. The maximum Gasteiger partial charge on any atom is 0.220 e. The molecule has 0 aromatic carbocycles. The van der Waals surface area contributed by atoms with Gasteiger partial charge in [-0.1, -0.05) is 0 Å². The summed E-state index contributed by atoms with van der Waals surface area (Å²) >= 11 is 1.71. The van der Waals surface area contributed by atoms with Crippen LogP contribution in [0.5, 0.6) is 0 Å². The SMILES string of the molecule is CCn1nccc1CN1CCC2(CC1)CC2N(Cc1ccsc1)C(C)=O. The minimum atomic E-state index is 0.215. The summed E-state index contributed by atoms with van der Waals surface area (Å²) in [6, 6.07) is 4.70. The first-order valence-electron chi connectivity index (χ1n) is 9.62. The van der Waals surface area contributed by atoms with Crippen LogP contribution < -0.4 is 0 Å². The van der Waals surface area contributed by atoms with Crippen molar-refractivity contribution in [3.63, 3.8) is 0 Å². The van der Waals surface area contributed by atoms with Gasteiger partial charge in [0.1, 0.15) is 0 Å². The summed E-state index contributed by atoms with van der Waals surface area (Å²) in [5, 5.41) is 8.63. The molecule has 3 heterocycles. The van der Waals surface area contributed by atoms with Crippen LogP contribution in [0.4, 0.5) is 0 Å². The maximum absolute atomic E-state index is 12.2. The quantitative estimate of drug-likeness (QED) is 0.781. The zero-order chi connectivity index (χ0) is 18.1. The van der Waals surface area contributed by atoms with Gasteiger partial charge in [-0.15, -0.1) is 0 Å². The maximum atomic E-state index is 12.2. The predicted octanol–water partition coefficient (Wildman–Crippen LogP) is 3.37. The molecular weight excluding hydrogens is 344 g/mol. The van der Waals surface area contributed by atoms with Gasteiger partial charge in [-0.05, 0) is 73.1 Å². The Bertz CT molecular complexity index is 746. The van der Waals surface area contributed by atoms with Gasteiger partial charge in [0.2, 0.25) is 5.91 Å². The Hall–Kier alpha value is -1.66. The van der Waals surface area contributed by atoms with E-state index in [2.05, 4.69) is 49.4 Å². The van der Waals surface area contributed by atoms with Gasteiger partial charge in [0.15, 0.2) is 0 Å². The van der Waals surface area contributed by atoms with Crippen LogP contribution in [-0.2, 0) is 24.4 Å². The number of aryl methyl sites for hydroxylation is 1. The topological polar surface area (TPSA) is 41.4 Å². The second kappa shape index (κ2) is 7.16. The average molecular weight is 373 g/mol. The largest absolute Gasteiger partial charge is 0.335 e. The number of piperidine rings is 1. The first kappa shape index (κ1) is 17.7. The fourth-order valence-electron chi connectivity index (χ4n) is 4.49. The summed E-state index contributed by atoms with van der Waals surface area (Å²) in [5.41, 5.74) is 2.93. The summed E-state index contributed by atoms with van der Waals surface area (Å²) in [6.45, 7) is 8.79. The predicted molar refractivity (Wildman–Crippen MR) is 104 cm³/mol. The monoisotopic (exact) mass is 372 g/mol. The molecule has 1 aliphatic heterocycles. The minimum Gasteiger partial charge on any atom is -0.335 e. The molecule has 0 N–H and O–H groups in total. The van der Waals surface area contributed by atoms with Gasteiger partial charge >= 0.3 is 0 Å². The first-order valence-corrected chi connectivity index (χ1v) is 10.6. The van der Waals surface area contributed by atoms with Crippen molar-refractivity contribution in [1.29, 1.82) is 0 Å². The number of aromatic nitrogens is 2. The Labute approximate surface area is 159 Å². The molecule has 2 fully saturated rings. The Kier molecular flexibility index (Phi) is 4.88. The van der Waals surface area contributed by atoms with Crippen molar-refractivity contribution in [3.8, 4) is 0 Å². The highest BCUT2D eigenvalue weighted by molar-refractivity contribution is 7.07. The van der Waals surface area contributed by atoms with Crippen LogP contribution in [0, 0.1) is 5.41 Å². The lowest BCUT2D eigenvalue weighted by Gasteiger charge is -2.34. The summed E-state index contributed by atoms with van der Waals surface area (Å²) in [7, 11) is 0. The van der Waals surface area contributed by atoms with Crippen LogP contribution in [0.25, 0.3) is 0 Å². The lowest BCUT2D eigenvalue weighted by Crippen LogP contribution is -2.40. The van der Waals surface area contributed by atoms with E-state index in [4.69, 9.17) is 0 Å². The van der Waals surface area contributed by atoms with E-state index in [0.29, 0.717) is 11.5 Å². The smallest absolute Gasteiger partial charge is 0.220 e. The molecule has 1 spiro atoms. The summed E-state index contributed by atoms with van der Waals surface area (Å²) < 4.78 is 2.09.